The molecule has 3 aliphatic heterocycles. The van der Waals surface area contributed by atoms with Crippen LogP contribution in [-0.4, -0.2) is 98.2 Å². The first-order valence-corrected chi connectivity index (χ1v) is 14.8. The van der Waals surface area contributed by atoms with Crippen molar-refractivity contribution in [3.63, 3.8) is 0 Å². The number of fused-ring (bicyclic) bond motifs is 1. The zero-order valence-electron chi connectivity index (χ0n) is 25.7. The summed E-state index contributed by atoms with van der Waals surface area (Å²) in [6.45, 7) is 0.0353. The molecule has 15 nitrogen and oxygen atoms in total. The summed E-state index contributed by atoms with van der Waals surface area (Å²) in [6.07, 6.45) is -1.69. The van der Waals surface area contributed by atoms with Crippen molar-refractivity contribution in [2.45, 2.75) is 49.2 Å². The molecule has 2 aromatic carbocycles. The van der Waals surface area contributed by atoms with E-state index in [9.17, 15) is 20.1 Å². The number of Topliss-reactive ketones (excluding diaryl/α,β-unsaturated/α-hetero) is 1. The first-order chi connectivity index (χ1) is 22.8. The van der Waals surface area contributed by atoms with E-state index in [1.807, 2.05) is 35.0 Å². The van der Waals surface area contributed by atoms with Crippen molar-refractivity contribution >= 4 is 11.5 Å². The van der Waals surface area contributed by atoms with Gasteiger partial charge in [0.25, 0.3) is 0 Å². The summed E-state index contributed by atoms with van der Waals surface area (Å²) in [5, 5.41) is 42.9. The van der Waals surface area contributed by atoms with E-state index in [0.29, 0.717) is 51.2 Å². The van der Waals surface area contributed by atoms with Gasteiger partial charge in [-0.3, -0.25) is 4.79 Å². The van der Waals surface area contributed by atoms with Crippen LogP contribution in [0.15, 0.2) is 66.1 Å². The van der Waals surface area contributed by atoms with Crippen LogP contribution in [0.25, 0.3) is 0 Å². The molecular weight excluding hydrogens is 614 g/mol. The number of carbonyl (C=O) groups is 1. The quantitative estimate of drug-likeness (QED) is 0.238. The average molecular weight is 648 g/mol. The number of benzene rings is 2. The standard InChI is InChI=1S/C32H33N5O10/c1-42-23-11-17(12-24(43-2)29(23)44-3)25-26(34-47-32(25)16-36-10-6-8-20(36)30(32)41)19-7-4-5-9-22(19)45-14-18-13-37(35-33-18)31-28(40)27(39)21(38)15-46-31/h4-13,21,25,27-28,31,38-40H,14-16H2,1-3H3/t21-,25?,27-,28+,31-,32?/m0/s1. The summed E-state index contributed by atoms with van der Waals surface area (Å²) < 4.78 is 31.7. The molecule has 2 aromatic heterocycles. The Balaban J connectivity index is 1.22. The summed E-state index contributed by atoms with van der Waals surface area (Å²) in [7, 11) is 4.57. The number of oxime groups is 1. The summed E-state index contributed by atoms with van der Waals surface area (Å²) in [5.41, 5.74) is 1.24. The SMILES string of the molecule is COc1cc(C2C(c3ccccc3OCc3cn([C@H]4OC[C@H](O)[C@H](O)[C@H]4O)nn3)=NOC23Cn2cccc2C3=O)cc(OC)c1OC. The number of ketones is 1. The summed E-state index contributed by atoms with van der Waals surface area (Å²) in [5.74, 6) is 0.755. The van der Waals surface area contributed by atoms with E-state index >= 15 is 0 Å². The molecule has 4 aromatic rings. The summed E-state index contributed by atoms with van der Waals surface area (Å²) in [4.78, 5) is 20.2. The van der Waals surface area contributed by atoms with Gasteiger partial charge in [-0.05, 0) is 42.0 Å². The Kier molecular flexibility index (Phi) is 7.83. The highest BCUT2D eigenvalue weighted by atomic mass is 16.7. The van der Waals surface area contributed by atoms with E-state index in [2.05, 4.69) is 15.5 Å². The molecule has 0 saturated carbocycles. The van der Waals surface area contributed by atoms with Crippen molar-refractivity contribution in [1.29, 1.82) is 0 Å². The number of rotatable bonds is 9. The molecule has 0 bridgehead atoms. The third-order valence-electron chi connectivity index (χ3n) is 8.75. The minimum absolute atomic E-state index is 0.0243. The zero-order chi connectivity index (χ0) is 32.9. The Morgan fingerprint density at radius 1 is 0.979 bits per heavy atom. The van der Waals surface area contributed by atoms with Gasteiger partial charge in [-0.2, -0.15) is 0 Å². The maximum Gasteiger partial charge on any atom is 0.231 e. The van der Waals surface area contributed by atoms with Crippen LogP contribution < -0.4 is 18.9 Å². The van der Waals surface area contributed by atoms with Crippen LogP contribution >= 0.6 is 0 Å². The Labute approximate surface area is 268 Å². The predicted octanol–water partition coefficient (Wildman–Crippen LogP) is 1.45. The fourth-order valence-electron chi connectivity index (χ4n) is 6.43. The number of ether oxygens (including phenoxy) is 5. The number of hydrogen-bond acceptors (Lipinski definition) is 13. The minimum atomic E-state index is -1.41. The van der Waals surface area contributed by atoms with Gasteiger partial charge < -0.3 is 48.4 Å². The van der Waals surface area contributed by atoms with Gasteiger partial charge in [0.1, 0.15) is 42.1 Å². The van der Waals surface area contributed by atoms with Gasteiger partial charge in [0.15, 0.2) is 17.7 Å². The second kappa shape index (κ2) is 12.0. The normalized spacial score (nSPS) is 26.6. The van der Waals surface area contributed by atoms with Gasteiger partial charge in [0.2, 0.25) is 17.1 Å². The van der Waals surface area contributed by atoms with Crippen molar-refractivity contribution in [2.24, 2.45) is 5.16 Å². The lowest BCUT2D eigenvalue weighted by molar-refractivity contribution is -0.214. The molecule has 7 rings (SSSR count). The van der Waals surface area contributed by atoms with Gasteiger partial charge in [0, 0.05) is 11.8 Å². The van der Waals surface area contributed by atoms with Crippen LogP contribution in [0.2, 0.25) is 0 Å². The smallest absolute Gasteiger partial charge is 0.231 e. The number of aliphatic hydroxyl groups excluding tert-OH is 3. The molecule has 3 aliphatic rings. The third-order valence-corrected chi connectivity index (χ3v) is 8.75. The maximum atomic E-state index is 14.1. The molecule has 3 N–H and O–H groups in total. The van der Waals surface area contributed by atoms with Crippen molar-refractivity contribution in [2.75, 3.05) is 27.9 Å². The molecule has 0 radical (unpaired) electrons. The Morgan fingerprint density at radius 3 is 2.47 bits per heavy atom. The molecule has 0 aliphatic carbocycles. The Hall–Kier alpha value is -4.96. The second-order valence-electron chi connectivity index (χ2n) is 11.4. The number of methoxy groups -OCH3 is 3. The van der Waals surface area contributed by atoms with Crippen LogP contribution in [0.3, 0.4) is 0 Å². The number of para-hydroxylation sites is 1. The summed E-state index contributed by atoms with van der Waals surface area (Å²) >= 11 is 0. The topological polar surface area (TPSA) is 181 Å². The van der Waals surface area contributed by atoms with Crippen molar-refractivity contribution in [3.8, 4) is 23.0 Å². The highest BCUT2D eigenvalue weighted by Crippen LogP contribution is 2.50. The van der Waals surface area contributed by atoms with E-state index in [1.54, 1.807) is 24.3 Å². The fraction of sp³-hybridized carbons (Fsp3) is 0.375. The van der Waals surface area contributed by atoms with E-state index in [-0.39, 0.29) is 25.5 Å². The Bertz CT molecular complexity index is 1810. The largest absolute Gasteiger partial charge is 0.493 e. The lowest BCUT2D eigenvalue weighted by atomic mass is 9.75. The van der Waals surface area contributed by atoms with Crippen LogP contribution in [0.4, 0.5) is 0 Å². The van der Waals surface area contributed by atoms with E-state index in [0.717, 1.165) is 0 Å². The lowest BCUT2D eigenvalue weighted by Crippen LogP contribution is -2.50. The number of aliphatic hydroxyl groups is 3. The third kappa shape index (κ3) is 4.98. The highest BCUT2D eigenvalue weighted by molar-refractivity contribution is 6.15. The van der Waals surface area contributed by atoms with Gasteiger partial charge >= 0.3 is 0 Å². The molecule has 2 unspecified atom stereocenters. The average Bonchev–Trinajstić information content (AvgIpc) is 3.88. The van der Waals surface area contributed by atoms with E-state index in [1.165, 1.54) is 32.2 Å². The molecule has 1 spiro atoms. The van der Waals surface area contributed by atoms with E-state index in [4.69, 9.17) is 28.5 Å². The second-order valence-corrected chi connectivity index (χ2v) is 11.4. The molecule has 1 fully saturated rings. The number of hydrogen-bond donors (Lipinski definition) is 3. The van der Waals surface area contributed by atoms with Gasteiger partial charge in [-0.25, -0.2) is 4.68 Å². The number of carbonyl (C=O) groups excluding carboxylic acids is 1. The van der Waals surface area contributed by atoms with Crippen LogP contribution in [0.1, 0.15) is 39.5 Å². The lowest BCUT2D eigenvalue weighted by Gasteiger charge is -2.34. The zero-order valence-corrected chi connectivity index (χ0v) is 25.7. The predicted molar refractivity (Wildman–Crippen MR) is 162 cm³/mol. The van der Waals surface area contributed by atoms with Crippen molar-refractivity contribution < 1.29 is 48.6 Å². The van der Waals surface area contributed by atoms with Gasteiger partial charge in [-0.15, -0.1) is 5.10 Å². The number of nitrogens with zero attached hydrogens (tertiary/aromatic N) is 5. The maximum absolute atomic E-state index is 14.1. The molecule has 47 heavy (non-hydrogen) atoms. The van der Waals surface area contributed by atoms with Gasteiger partial charge in [-0.1, -0.05) is 22.5 Å². The fourth-order valence-corrected chi connectivity index (χ4v) is 6.43. The molecule has 0 amide bonds. The van der Waals surface area contributed by atoms with Crippen LogP contribution in [0, 0.1) is 0 Å². The molecule has 246 valence electrons. The van der Waals surface area contributed by atoms with Gasteiger partial charge in [0.05, 0.1) is 52.3 Å². The molecular formula is C32H33N5O10. The molecule has 15 heteroatoms. The minimum Gasteiger partial charge on any atom is -0.493 e. The van der Waals surface area contributed by atoms with Crippen LogP contribution in [0.5, 0.6) is 23.0 Å². The highest BCUT2D eigenvalue weighted by Gasteiger charge is 2.60. The molecule has 6 atom stereocenters. The molecule has 5 heterocycles. The van der Waals surface area contributed by atoms with Crippen molar-refractivity contribution in [3.05, 3.63) is 83.4 Å². The Morgan fingerprint density at radius 2 is 1.74 bits per heavy atom. The van der Waals surface area contributed by atoms with Crippen molar-refractivity contribution in [1.82, 2.24) is 19.6 Å². The van der Waals surface area contributed by atoms with Crippen LogP contribution in [-0.2, 0) is 22.7 Å². The van der Waals surface area contributed by atoms with E-state index < -0.39 is 36.1 Å². The monoisotopic (exact) mass is 647 g/mol. The summed E-state index contributed by atoms with van der Waals surface area (Å²) in [6, 6.07) is 14.4. The molecule has 1 saturated heterocycles. The first-order valence-electron chi connectivity index (χ1n) is 14.8. The first kappa shape index (κ1) is 30.7. The number of aromatic nitrogens is 4.